The first-order valence-corrected chi connectivity index (χ1v) is 12.6. The van der Waals surface area contributed by atoms with Crippen LogP contribution in [0.3, 0.4) is 0 Å². The van der Waals surface area contributed by atoms with Gasteiger partial charge >= 0.3 is 0 Å². The summed E-state index contributed by atoms with van der Waals surface area (Å²) in [5.74, 6) is 0. The Morgan fingerprint density at radius 3 is 2.19 bits per heavy atom. The number of hydrogen-bond donors (Lipinski definition) is 1. The van der Waals surface area contributed by atoms with E-state index in [0.29, 0.717) is 4.90 Å². The van der Waals surface area contributed by atoms with Gasteiger partial charge in [-0.1, -0.05) is 24.3 Å². The molecule has 0 radical (unpaired) electrons. The zero-order chi connectivity index (χ0) is 22.3. The third-order valence-corrected chi connectivity index (χ3v) is 7.32. The van der Waals surface area contributed by atoms with Gasteiger partial charge in [-0.25, -0.2) is 13.4 Å². The Morgan fingerprint density at radius 2 is 1.53 bits per heavy atom. The Hall–Kier alpha value is -3.16. The molecule has 32 heavy (non-hydrogen) atoms. The fraction of sp³-hybridized carbons (Fsp3) is 0.240. The topological polar surface area (TPSA) is 69.3 Å². The largest absolute Gasteiger partial charge is 0.369 e. The van der Waals surface area contributed by atoms with Crippen molar-refractivity contribution in [3.63, 3.8) is 0 Å². The van der Waals surface area contributed by atoms with Gasteiger partial charge in [-0.3, -0.25) is 0 Å². The van der Waals surface area contributed by atoms with Crippen LogP contribution in [0.5, 0.6) is 0 Å². The fourth-order valence-corrected chi connectivity index (χ4v) is 4.84. The standard InChI is InChI=1S/C25H26N4O2S/c1-28-11-13-29(14-12-28)21-7-3-18(4-8-21)20-15-23-24(17-27-25(23)26-16-20)19-5-9-22(10-6-19)32(2,30)31/h3-10,15-17H,11-14H2,1-2H3,(H,26,27). The van der Waals surface area contributed by atoms with Crippen molar-refractivity contribution in [3.05, 3.63) is 67.0 Å². The Labute approximate surface area is 188 Å². The van der Waals surface area contributed by atoms with Gasteiger partial charge in [0.05, 0.1) is 4.90 Å². The van der Waals surface area contributed by atoms with Crippen LogP contribution in [0.2, 0.25) is 0 Å². The van der Waals surface area contributed by atoms with E-state index in [9.17, 15) is 8.42 Å². The second-order valence-corrected chi connectivity index (χ2v) is 10.5. The summed E-state index contributed by atoms with van der Waals surface area (Å²) in [6.07, 6.45) is 5.03. The molecule has 0 saturated carbocycles. The van der Waals surface area contributed by atoms with Crippen LogP contribution < -0.4 is 4.90 Å². The van der Waals surface area contributed by atoms with Crippen LogP contribution in [-0.2, 0) is 9.84 Å². The van der Waals surface area contributed by atoms with E-state index in [1.165, 1.54) is 11.9 Å². The molecule has 164 valence electrons. The highest BCUT2D eigenvalue weighted by Gasteiger charge is 2.15. The average molecular weight is 447 g/mol. The first-order valence-electron chi connectivity index (χ1n) is 10.7. The number of sulfone groups is 1. The number of pyridine rings is 1. The smallest absolute Gasteiger partial charge is 0.175 e. The number of likely N-dealkylation sites (N-methyl/N-ethyl adjacent to an activating group) is 1. The molecule has 1 N–H and O–H groups in total. The molecule has 2 aromatic carbocycles. The summed E-state index contributed by atoms with van der Waals surface area (Å²) in [6.45, 7) is 4.27. The van der Waals surface area contributed by atoms with Gasteiger partial charge < -0.3 is 14.8 Å². The molecule has 2 aromatic heterocycles. The van der Waals surface area contributed by atoms with Gasteiger partial charge in [-0.2, -0.15) is 0 Å². The van der Waals surface area contributed by atoms with Crippen LogP contribution in [0.4, 0.5) is 5.69 Å². The third kappa shape index (κ3) is 4.01. The highest BCUT2D eigenvalue weighted by Crippen LogP contribution is 2.32. The number of nitrogens with zero attached hydrogens (tertiary/aromatic N) is 3. The van der Waals surface area contributed by atoms with Gasteiger partial charge in [0.15, 0.2) is 9.84 Å². The number of aromatic nitrogens is 2. The van der Waals surface area contributed by atoms with E-state index in [0.717, 1.165) is 59.5 Å². The molecule has 5 rings (SSSR count). The Bertz CT molecular complexity index is 1350. The molecular formula is C25H26N4O2S. The quantitative estimate of drug-likeness (QED) is 0.512. The Morgan fingerprint density at radius 1 is 0.875 bits per heavy atom. The normalized spacial score (nSPS) is 15.4. The molecule has 1 aliphatic heterocycles. The zero-order valence-corrected chi connectivity index (χ0v) is 19.1. The number of aromatic amines is 1. The van der Waals surface area contributed by atoms with Crippen LogP contribution in [0.15, 0.2) is 71.9 Å². The number of fused-ring (bicyclic) bond motifs is 1. The van der Waals surface area contributed by atoms with E-state index < -0.39 is 9.84 Å². The lowest BCUT2D eigenvalue weighted by atomic mass is 10.0. The number of anilines is 1. The Kier molecular flexibility index (Phi) is 5.23. The molecule has 4 aromatic rings. The van der Waals surface area contributed by atoms with Crippen molar-refractivity contribution in [3.8, 4) is 22.3 Å². The van der Waals surface area contributed by atoms with Crippen molar-refractivity contribution >= 4 is 26.6 Å². The fourth-order valence-electron chi connectivity index (χ4n) is 4.21. The summed E-state index contributed by atoms with van der Waals surface area (Å²) in [4.78, 5) is 12.9. The molecule has 0 amide bonds. The predicted molar refractivity (Wildman–Crippen MR) is 130 cm³/mol. The van der Waals surface area contributed by atoms with Gasteiger partial charge in [0.1, 0.15) is 5.65 Å². The molecule has 0 bridgehead atoms. The molecule has 6 nitrogen and oxygen atoms in total. The van der Waals surface area contributed by atoms with Gasteiger partial charge in [0.25, 0.3) is 0 Å². The maximum absolute atomic E-state index is 11.8. The van der Waals surface area contributed by atoms with Gasteiger partial charge in [-0.05, 0) is 48.5 Å². The zero-order valence-electron chi connectivity index (χ0n) is 18.2. The molecular weight excluding hydrogens is 420 g/mol. The van der Waals surface area contributed by atoms with Crippen LogP contribution in [0.25, 0.3) is 33.3 Å². The van der Waals surface area contributed by atoms with Crippen molar-refractivity contribution in [1.82, 2.24) is 14.9 Å². The second-order valence-electron chi connectivity index (χ2n) is 8.46. The van der Waals surface area contributed by atoms with Crippen LogP contribution >= 0.6 is 0 Å². The minimum atomic E-state index is -3.21. The lowest BCUT2D eigenvalue weighted by Gasteiger charge is -2.34. The molecule has 0 unspecified atom stereocenters. The van der Waals surface area contributed by atoms with Crippen LogP contribution in [-0.4, -0.2) is 62.8 Å². The molecule has 0 aliphatic carbocycles. The minimum absolute atomic E-state index is 0.320. The summed E-state index contributed by atoms with van der Waals surface area (Å²) in [5, 5.41) is 1.01. The predicted octanol–water partition coefficient (Wildman–Crippen LogP) is 4.05. The molecule has 3 heterocycles. The first-order chi connectivity index (χ1) is 15.4. The summed E-state index contributed by atoms with van der Waals surface area (Å²) >= 11 is 0. The first kappa shape index (κ1) is 20.7. The molecule has 1 aliphatic rings. The molecule has 7 heteroatoms. The van der Waals surface area contributed by atoms with E-state index in [1.807, 2.05) is 24.5 Å². The SMILES string of the molecule is CN1CCN(c2ccc(-c3cnc4[nH]cc(-c5ccc(S(C)(=O)=O)cc5)c4c3)cc2)CC1. The van der Waals surface area contributed by atoms with Crippen molar-refractivity contribution in [2.45, 2.75) is 4.90 Å². The van der Waals surface area contributed by atoms with E-state index >= 15 is 0 Å². The highest BCUT2D eigenvalue weighted by atomic mass is 32.2. The average Bonchev–Trinajstić information content (AvgIpc) is 3.22. The number of H-pyrrole nitrogens is 1. The molecule has 0 atom stereocenters. The van der Waals surface area contributed by atoms with Crippen molar-refractivity contribution < 1.29 is 8.42 Å². The van der Waals surface area contributed by atoms with Gasteiger partial charge in [0.2, 0.25) is 0 Å². The molecule has 0 spiro atoms. The lowest BCUT2D eigenvalue weighted by Crippen LogP contribution is -2.44. The van der Waals surface area contributed by atoms with E-state index in [-0.39, 0.29) is 0 Å². The van der Waals surface area contributed by atoms with Crippen LogP contribution in [0.1, 0.15) is 0 Å². The van der Waals surface area contributed by atoms with Gasteiger partial charge in [-0.15, -0.1) is 0 Å². The Balaban J connectivity index is 1.45. The number of piperazine rings is 1. The maximum atomic E-state index is 11.8. The van der Waals surface area contributed by atoms with E-state index in [4.69, 9.17) is 0 Å². The number of nitrogens with one attached hydrogen (secondary N) is 1. The van der Waals surface area contributed by atoms with E-state index in [2.05, 4.69) is 57.1 Å². The third-order valence-electron chi connectivity index (χ3n) is 6.19. The molecule has 1 fully saturated rings. The van der Waals surface area contributed by atoms with Crippen molar-refractivity contribution in [1.29, 1.82) is 0 Å². The van der Waals surface area contributed by atoms with E-state index in [1.54, 1.807) is 12.1 Å². The monoisotopic (exact) mass is 446 g/mol. The van der Waals surface area contributed by atoms with Crippen molar-refractivity contribution in [2.75, 3.05) is 44.4 Å². The van der Waals surface area contributed by atoms with Gasteiger partial charge in [0, 0.05) is 67.0 Å². The number of hydrogen-bond acceptors (Lipinski definition) is 5. The van der Waals surface area contributed by atoms with Crippen LogP contribution in [0, 0.1) is 0 Å². The summed E-state index contributed by atoms with van der Waals surface area (Å²) < 4.78 is 23.5. The lowest BCUT2D eigenvalue weighted by molar-refractivity contribution is 0.313. The maximum Gasteiger partial charge on any atom is 0.175 e. The van der Waals surface area contributed by atoms with Crippen molar-refractivity contribution in [2.24, 2.45) is 0 Å². The number of benzene rings is 2. The second kappa shape index (κ2) is 8.07. The highest BCUT2D eigenvalue weighted by molar-refractivity contribution is 7.90. The summed E-state index contributed by atoms with van der Waals surface area (Å²) in [5.41, 5.74) is 6.19. The summed E-state index contributed by atoms with van der Waals surface area (Å²) in [6, 6.07) is 17.8. The molecule has 1 saturated heterocycles. The summed E-state index contributed by atoms with van der Waals surface area (Å²) in [7, 11) is -1.05. The minimum Gasteiger partial charge on any atom is -0.369 e. The number of rotatable bonds is 4.